The highest BCUT2D eigenvalue weighted by molar-refractivity contribution is 5.67. The van der Waals surface area contributed by atoms with Crippen LogP contribution in [0, 0.1) is 0 Å². The van der Waals surface area contributed by atoms with Crippen molar-refractivity contribution in [1.29, 1.82) is 0 Å². The molecule has 0 aliphatic heterocycles. The molecule has 0 amide bonds. The molecule has 0 heterocycles. The maximum atomic E-state index is 10.5. The summed E-state index contributed by atoms with van der Waals surface area (Å²) in [6.45, 7) is 0. The minimum absolute atomic E-state index is 0.193. The second-order valence-electron chi connectivity index (χ2n) is 3.62. The molecule has 0 spiro atoms. The van der Waals surface area contributed by atoms with Crippen LogP contribution in [0.25, 0.3) is 11.1 Å². The van der Waals surface area contributed by atoms with E-state index < -0.39 is 0 Å². The molecule has 2 nitrogen and oxygen atoms in total. The van der Waals surface area contributed by atoms with Gasteiger partial charge in [-0.3, -0.25) is 0 Å². The Hall–Kier alpha value is -2.09. The molecule has 0 atom stereocenters. The van der Waals surface area contributed by atoms with Crippen LogP contribution >= 0.6 is 0 Å². The van der Waals surface area contributed by atoms with Crippen molar-refractivity contribution in [3.63, 3.8) is 0 Å². The van der Waals surface area contributed by atoms with Crippen molar-refractivity contribution < 1.29 is 9.90 Å². The molecule has 2 aromatic rings. The summed E-state index contributed by atoms with van der Waals surface area (Å²) in [6, 6.07) is 15.0. The van der Waals surface area contributed by atoms with Gasteiger partial charge < -0.3 is 9.90 Å². The van der Waals surface area contributed by atoms with E-state index in [9.17, 15) is 9.90 Å². The molecular weight excluding hydrogens is 200 g/mol. The Morgan fingerprint density at radius 1 is 1.00 bits per heavy atom. The Kier molecular flexibility index (Phi) is 3.01. The molecule has 0 aromatic heterocycles. The van der Waals surface area contributed by atoms with Crippen LogP contribution in [0.4, 0.5) is 0 Å². The molecule has 2 heteroatoms. The number of carbonyl (C=O) groups excluding carboxylic acids is 1. The summed E-state index contributed by atoms with van der Waals surface area (Å²) < 4.78 is 0. The lowest BCUT2D eigenvalue weighted by Gasteiger charge is -2.05. The fourth-order valence-corrected chi connectivity index (χ4v) is 1.69. The van der Waals surface area contributed by atoms with Crippen molar-refractivity contribution in [1.82, 2.24) is 0 Å². The highest BCUT2D eigenvalue weighted by atomic mass is 16.3. The lowest BCUT2D eigenvalue weighted by molar-refractivity contribution is -0.107. The van der Waals surface area contributed by atoms with Gasteiger partial charge in [-0.25, -0.2) is 0 Å². The van der Waals surface area contributed by atoms with E-state index in [1.807, 2.05) is 36.4 Å². The first-order chi connectivity index (χ1) is 7.79. The third-order valence-electron chi connectivity index (χ3n) is 2.40. The molecule has 0 saturated carbocycles. The van der Waals surface area contributed by atoms with E-state index in [2.05, 4.69) is 0 Å². The van der Waals surface area contributed by atoms with Crippen LogP contribution in [0.5, 0.6) is 5.75 Å². The van der Waals surface area contributed by atoms with E-state index >= 15 is 0 Å². The highest BCUT2D eigenvalue weighted by Gasteiger charge is 2.01. The molecule has 16 heavy (non-hydrogen) atoms. The van der Waals surface area contributed by atoms with Gasteiger partial charge in [0.05, 0.1) is 0 Å². The Bertz CT molecular complexity index is 489. The monoisotopic (exact) mass is 212 g/mol. The van der Waals surface area contributed by atoms with Crippen LogP contribution in [0.2, 0.25) is 0 Å². The van der Waals surface area contributed by atoms with Gasteiger partial charge in [0.1, 0.15) is 12.0 Å². The normalized spacial score (nSPS) is 10.0. The summed E-state index contributed by atoms with van der Waals surface area (Å²) in [6.07, 6.45) is 1.16. The van der Waals surface area contributed by atoms with E-state index in [0.717, 1.165) is 23.0 Å². The highest BCUT2D eigenvalue weighted by Crippen LogP contribution is 2.25. The lowest BCUT2D eigenvalue weighted by atomic mass is 10.0. The van der Waals surface area contributed by atoms with Crippen LogP contribution in [-0.4, -0.2) is 11.4 Å². The first-order valence-electron chi connectivity index (χ1n) is 5.11. The number of rotatable bonds is 3. The summed E-state index contributed by atoms with van der Waals surface area (Å²) in [5.74, 6) is 0.193. The molecule has 2 rings (SSSR count). The molecule has 0 bridgehead atoms. The van der Waals surface area contributed by atoms with E-state index in [4.69, 9.17) is 0 Å². The number of hydrogen-bond acceptors (Lipinski definition) is 2. The number of aldehydes is 1. The average Bonchev–Trinajstić information content (AvgIpc) is 2.30. The number of hydrogen-bond donors (Lipinski definition) is 1. The lowest BCUT2D eigenvalue weighted by Crippen LogP contribution is -1.87. The maximum absolute atomic E-state index is 10.5. The van der Waals surface area contributed by atoms with Gasteiger partial charge in [-0.1, -0.05) is 36.4 Å². The summed E-state index contributed by atoms with van der Waals surface area (Å²) in [4.78, 5) is 10.5. The quantitative estimate of drug-likeness (QED) is 0.794. The largest absolute Gasteiger partial charge is 0.508 e. The van der Waals surface area contributed by atoms with E-state index in [1.165, 1.54) is 0 Å². The number of carbonyl (C=O) groups is 1. The van der Waals surface area contributed by atoms with Crippen LogP contribution in [0.15, 0.2) is 48.5 Å². The minimum atomic E-state index is 0.193. The fourth-order valence-electron chi connectivity index (χ4n) is 1.69. The van der Waals surface area contributed by atoms with Gasteiger partial charge in [-0.05, 0) is 28.8 Å². The minimum Gasteiger partial charge on any atom is -0.508 e. The maximum Gasteiger partial charge on any atom is 0.124 e. The second-order valence-corrected chi connectivity index (χ2v) is 3.62. The predicted octanol–water partition coefficient (Wildman–Crippen LogP) is 2.80. The molecule has 1 N–H and O–H groups in total. The topological polar surface area (TPSA) is 37.3 Å². The average molecular weight is 212 g/mol. The Morgan fingerprint density at radius 3 is 2.44 bits per heavy atom. The zero-order valence-electron chi connectivity index (χ0n) is 8.76. The first kappa shape index (κ1) is 10.4. The van der Waals surface area contributed by atoms with Crippen LogP contribution in [0.1, 0.15) is 5.56 Å². The predicted molar refractivity (Wildman–Crippen MR) is 63.3 cm³/mol. The van der Waals surface area contributed by atoms with Gasteiger partial charge in [0, 0.05) is 6.42 Å². The van der Waals surface area contributed by atoms with Crippen molar-refractivity contribution >= 4 is 6.29 Å². The van der Waals surface area contributed by atoms with Gasteiger partial charge >= 0.3 is 0 Å². The smallest absolute Gasteiger partial charge is 0.124 e. The van der Waals surface area contributed by atoms with Crippen molar-refractivity contribution in [2.45, 2.75) is 6.42 Å². The van der Waals surface area contributed by atoms with Crippen LogP contribution < -0.4 is 0 Å². The van der Waals surface area contributed by atoms with Gasteiger partial charge in [-0.15, -0.1) is 0 Å². The Morgan fingerprint density at radius 2 is 1.75 bits per heavy atom. The third kappa shape index (κ3) is 2.28. The number of aromatic hydroxyl groups is 1. The fraction of sp³-hybridized carbons (Fsp3) is 0.0714. The SMILES string of the molecule is O=CCc1cc(O)cc(-c2ccccc2)c1. The van der Waals surface area contributed by atoms with Gasteiger partial charge in [-0.2, -0.15) is 0 Å². The van der Waals surface area contributed by atoms with Crippen LogP contribution in [0.3, 0.4) is 0 Å². The third-order valence-corrected chi connectivity index (χ3v) is 2.40. The molecule has 0 fully saturated rings. The Labute approximate surface area is 94.2 Å². The second kappa shape index (κ2) is 4.62. The van der Waals surface area contributed by atoms with Gasteiger partial charge in [0.25, 0.3) is 0 Å². The van der Waals surface area contributed by atoms with Crippen molar-refractivity contribution in [2.75, 3.05) is 0 Å². The van der Waals surface area contributed by atoms with E-state index in [0.29, 0.717) is 6.42 Å². The number of phenolic OH excluding ortho intramolecular Hbond substituents is 1. The molecule has 0 unspecified atom stereocenters. The van der Waals surface area contributed by atoms with Crippen molar-refractivity contribution in [2.24, 2.45) is 0 Å². The van der Waals surface area contributed by atoms with E-state index in [1.54, 1.807) is 12.1 Å². The Balaban J connectivity index is 2.45. The van der Waals surface area contributed by atoms with E-state index in [-0.39, 0.29) is 5.75 Å². The van der Waals surface area contributed by atoms with Crippen molar-refractivity contribution in [3.8, 4) is 16.9 Å². The van der Waals surface area contributed by atoms with Crippen molar-refractivity contribution in [3.05, 3.63) is 54.1 Å². The number of benzene rings is 2. The summed E-state index contributed by atoms with van der Waals surface area (Å²) in [5, 5.41) is 9.57. The summed E-state index contributed by atoms with van der Waals surface area (Å²) >= 11 is 0. The molecule has 0 aliphatic carbocycles. The number of phenols is 1. The standard InChI is InChI=1S/C14H12O2/c15-7-6-11-8-13(10-14(16)9-11)12-4-2-1-3-5-12/h1-5,7-10,16H,6H2. The molecule has 0 aliphatic rings. The molecular formula is C14H12O2. The van der Waals surface area contributed by atoms with Gasteiger partial charge in [0.15, 0.2) is 0 Å². The summed E-state index contributed by atoms with van der Waals surface area (Å²) in [5.41, 5.74) is 2.79. The molecule has 0 saturated heterocycles. The summed E-state index contributed by atoms with van der Waals surface area (Å²) in [7, 11) is 0. The molecule has 0 radical (unpaired) electrons. The van der Waals surface area contributed by atoms with Crippen LogP contribution in [-0.2, 0) is 11.2 Å². The first-order valence-corrected chi connectivity index (χ1v) is 5.11. The molecule has 2 aromatic carbocycles. The molecule has 80 valence electrons. The zero-order chi connectivity index (χ0) is 11.4. The zero-order valence-corrected chi connectivity index (χ0v) is 8.76. The van der Waals surface area contributed by atoms with Gasteiger partial charge in [0.2, 0.25) is 0 Å².